The van der Waals surface area contributed by atoms with Crippen molar-refractivity contribution in [1.29, 1.82) is 0 Å². The Balaban J connectivity index is 2.50. The number of hydrogen-bond donors (Lipinski definition) is 0. The first-order chi connectivity index (χ1) is 9.57. The number of allylic oxidation sites excluding steroid dienone is 2. The molecule has 0 bridgehead atoms. The number of ether oxygens (including phenoxy) is 1. The van der Waals surface area contributed by atoms with Gasteiger partial charge in [0.15, 0.2) is 0 Å². The summed E-state index contributed by atoms with van der Waals surface area (Å²) >= 11 is 0. The molecule has 0 heterocycles. The summed E-state index contributed by atoms with van der Waals surface area (Å²) in [4.78, 5) is 0. The summed E-state index contributed by atoms with van der Waals surface area (Å²) in [7, 11) is 0. The fraction of sp³-hybridized carbons (Fsp3) is 0.421. The van der Waals surface area contributed by atoms with Crippen LogP contribution in [0.5, 0.6) is 5.75 Å². The first-order valence-corrected chi connectivity index (χ1v) is 7.38. The zero-order valence-electron chi connectivity index (χ0n) is 13.1. The molecule has 0 fully saturated rings. The lowest BCUT2D eigenvalue weighted by Gasteiger charge is -2.23. The summed E-state index contributed by atoms with van der Waals surface area (Å²) in [6, 6.07) is 8.33. The fourth-order valence-electron chi connectivity index (χ4n) is 1.88. The Morgan fingerprint density at radius 1 is 1.15 bits per heavy atom. The molecule has 1 aromatic rings. The van der Waals surface area contributed by atoms with E-state index < -0.39 is 0 Å². The van der Waals surface area contributed by atoms with Crippen LogP contribution in [0, 0.1) is 0 Å². The lowest BCUT2D eigenvalue weighted by Crippen LogP contribution is -2.25. The minimum absolute atomic E-state index is 0.280. The largest absolute Gasteiger partial charge is 0.484 e. The highest BCUT2D eigenvalue weighted by atomic mass is 16.5. The van der Waals surface area contributed by atoms with Gasteiger partial charge in [0.25, 0.3) is 0 Å². The second-order valence-corrected chi connectivity index (χ2v) is 5.34. The third-order valence-corrected chi connectivity index (χ3v) is 2.99. The van der Waals surface area contributed by atoms with Crippen molar-refractivity contribution in [2.45, 2.75) is 52.6 Å². The van der Waals surface area contributed by atoms with Crippen molar-refractivity contribution in [2.24, 2.45) is 0 Å². The molecule has 0 saturated heterocycles. The van der Waals surface area contributed by atoms with E-state index >= 15 is 0 Å². The summed E-state index contributed by atoms with van der Waals surface area (Å²) < 4.78 is 6.01. The van der Waals surface area contributed by atoms with E-state index in [0.717, 1.165) is 25.0 Å². The van der Waals surface area contributed by atoms with Gasteiger partial charge in [0.2, 0.25) is 0 Å². The second-order valence-electron chi connectivity index (χ2n) is 5.34. The van der Waals surface area contributed by atoms with E-state index in [2.05, 4.69) is 56.9 Å². The van der Waals surface area contributed by atoms with Crippen molar-refractivity contribution in [1.82, 2.24) is 0 Å². The maximum absolute atomic E-state index is 6.01. The van der Waals surface area contributed by atoms with Crippen LogP contribution in [0.3, 0.4) is 0 Å². The summed E-state index contributed by atoms with van der Waals surface area (Å²) in [6.45, 7) is 8.30. The predicted octanol–water partition coefficient (Wildman–Crippen LogP) is 5.47. The molecule has 0 radical (unpaired) electrons. The number of benzene rings is 1. The highest BCUT2D eigenvalue weighted by molar-refractivity contribution is 5.28. The Bertz CT molecular complexity index is 471. The van der Waals surface area contributed by atoms with Crippen LogP contribution < -0.4 is 4.74 Å². The van der Waals surface area contributed by atoms with Gasteiger partial charge in [-0.25, -0.2) is 0 Å². The number of unbranched alkanes of at least 4 members (excludes halogenated alkanes) is 1. The topological polar surface area (TPSA) is 9.23 Å². The maximum Gasteiger partial charge on any atom is 0.122 e. The highest BCUT2D eigenvalue weighted by Gasteiger charge is 2.15. The van der Waals surface area contributed by atoms with Crippen LogP contribution >= 0.6 is 0 Å². The summed E-state index contributed by atoms with van der Waals surface area (Å²) in [5, 5.41) is 0. The number of hydrogen-bond acceptors (Lipinski definition) is 1. The summed E-state index contributed by atoms with van der Waals surface area (Å²) in [6.07, 6.45) is 11.4. The van der Waals surface area contributed by atoms with E-state index in [1.165, 1.54) is 5.56 Å². The minimum Gasteiger partial charge on any atom is -0.484 e. The Labute approximate surface area is 123 Å². The molecule has 0 aliphatic heterocycles. The van der Waals surface area contributed by atoms with E-state index in [9.17, 15) is 0 Å². The fourth-order valence-corrected chi connectivity index (χ4v) is 1.88. The molecule has 0 N–H and O–H groups in total. The average Bonchev–Trinajstić information content (AvgIpc) is 2.43. The van der Waals surface area contributed by atoms with Crippen LogP contribution in [0.1, 0.15) is 46.1 Å². The molecule has 0 aromatic heterocycles. The number of rotatable bonds is 7. The normalized spacial score (nSPS) is 11.2. The van der Waals surface area contributed by atoms with Crippen LogP contribution in [0.15, 0.2) is 54.3 Å². The molecule has 1 nitrogen and oxygen atoms in total. The third kappa shape index (κ3) is 6.45. The van der Waals surface area contributed by atoms with Crippen molar-refractivity contribution >= 4 is 0 Å². The van der Waals surface area contributed by atoms with Gasteiger partial charge in [-0.15, -0.1) is 5.73 Å². The second kappa shape index (κ2) is 8.45. The molecule has 1 aromatic carbocycles. The quantitative estimate of drug-likeness (QED) is 0.362. The SMILES string of the molecule is CC=C=CCC/C=C/C(C)(C)Oc1ccc(CC)cc1. The van der Waals surface area contributed by atoms with Gasteiger partial charge in [0.05, 0.1) is 0 Å². The van der Waals surface area contributed by atoms with E-state index in [0.29, 0.717) is 0 Å². The summed E-state index contributed by atoms with van der Waals surface area (Å²) in [5.41, 5.74) is 4.14. The van der Waals surface area contributed by atoms with Crippen molar-refractivity contribution in [3.05, 3.63) is 59.9 Å². The zero-order chi connectivity index (χ0) is 14.8. The molecule has 20 heavy (non-hydrogen) atoms. The van der Waals surface area contributed by atoms with Crippen LogP contribution in [0.25, 0.3) is 0 Å². The van der Waals surface area contributed by atoms with Gasteiger partial charge in [-0.1, -0.05) is 25.1 Å². The van der Waals surface area contributed by atoms with Crippen molar-refractivity contribution in [3.63, 3.8) is 0 Å². The van der Waals surface area contributed by atoms with Crippen molar-refractivity contribution in [3.8, 4) is 5.75 Å². The van der Waals surface area contributed by atoms with E-state index in [4.69, 9.17) is 4.74 Å². The molecular weight excluding hydrogens is 244 g/mol. The highest BCUT2D eigenvalue weighted by Crippen LogP contribution is 2.20. The van der Waals surface area contributed by atoms with Gasteiger partial charge in [0.1, 0.15) is 11.4 Å². The molecule has 1 rings (SSSR count). The smallest absolute Gasteiger partial charge is 0.122 e. The molecule has 0 unspecified atom stereocenters. The van der Waals surface area contributed by atoms with Crippen molar-refractivity contribution < 1.29 is 4.74 Å². The van der Waals surface area contributed by atoms with Gasteiger partial charge in [0, 0.05) is 0 Å². The average molecular weight is 270 g/mol. The van der Waals surface area contributed by atoms with E-state index in [1.54, 1.807) is 0 Å². The lowest BCUT2D eigenvalue weighted by molar-refractivity contribution is 0.161. The molecule has 108 valence electrons. The first kappa shape index (κ1) is 16.3. The van der Waals surface area contributed by atoms with E-state index in [-0.39, 0.29) is 5.60 Å². The van der Waals surface area contributed by atoms with Gasteiger partial charge in [-0.05, 0) is 76.0 Å². The first-order valence-electron chi connectivity index (χ1n) is 7.38. The molecule has 0 atom stereocenters. The molecule has 0 spiro atoms. The molecule has 0 aliphatic carbocycles. The Morgan fingerprint density at radius 3 is 2.45 bits per heavy atom. The van der Waals surface area contributed by atoms with Gasteiger partial charge in [-0.3, -0.25) is 0 Å². The van der Waals surface area contributed by atoms with Crippen LogP contribution in [0.4, 0.5) is 0 Å². The van der Waals surface area contributed by atoms with Crippen molar-refractivity contribution in [2.75, 3.05) is 0 Å². The standard InChI is InChI=1S/C19H26O/c1-5-7-8-9-10-11-16-19(3,4)20-18-14-12-17(6-2)13-15-18/h5,8,11-16H,6,9-10H2,1-4H3/b16-11+. The Morgan fingerprint density at radius 2 is 1.85 bits per heavy atom. The molecule has 0 amide bonds. The van der Waals surface area contributed by atoms with E-state index in [1.807, 2.05) is 25.1 Å². The Kier molecular flexibility index (Phi) is 6.90. The van der Waals surface area contributed by atoms with Gasteiger partial charge < -0.3 is 4.74 Å². The zero-order valence-corrected chi connectivity index (χ0v) is 13.1. The van der Waals surface area contributed by atoms with Gasteiger partial charge in [-0.2, -0.15) is 0 Å². The monoisotopic (exact) mass is 270 g/mol. The Hall–Kier alpha value is -1.72. The molecule has 0 aliphatic rings. The van der Waals surface area contributed by atoms with Crippen LogP contribution in [0.2, 0.25) is 0 Å². The molecular formula is C19H26O. The summed E-state index contributed by atoms with van der Waals surface area (Å²) in [5.74, 6) is 0.922. The van der Waals surface area contributed by atoms with Gasteiger partial charge >= 0.3 is 0 Å². The maximum atomic E-state index is 6.01. The molecule has 0 saturated carbocycles. The lowest BCUT2D eigenvalue weighted by atomic mass is 10.1. The predicted molar refractivity (Wildman–Crippen MR) is 87.2 cm³/mol. The molecule has 1 heteroatoms. The number of aryl methyl sites for hydroxylation is 1. The van der Waals surface area contributed by atoms with Crippen LogP contribution in [-0.4, -0.2) is 5.60 Å². The minimum atomic E-state index is -0.280. The van der Waals surface area contributed by atoms with Crippen LogP contribution in [-0.2, 0) is 6.42 Å². The third-order valence-electron chi connectivity index (χ3n) is 2.99.